The van der Waals surface area contributed by atoms with Crippen molar-refractivity contribution < 1.29 is 9.26 Å². The number of aromatic nitrogens is 2. The number of nitrogens with one attached hydrogen (secondary N) is 1. The van der Waals surface area contributed by atoms with E-state index >= 15 is 0 Å². The molecule has 110 valence electrons. The topological polar surface area (TPSA) is 60.2 Å². The molecule has 0 amide bonds. The third-order valence-corrected chi connectivity index (χ3v) is 4.40. The van der Waals surface area contributed by atoms with E-state index in [4.69, 9.17) is 9.26 Å². The van der Waals surface area contributed by atoms with E-state index in [9.17, 15) is 0 Å². The molecular formula is C16H19N3O2. The lowest BCUT2D eigenvalue weighted by Gasteiger charge is -2.23. The molecule has 2 aliphatic rings. The van der Waals surface area contributed by atoms with Crippen molar-refractivity contribution >= 4 is 5.69 Å². The van der Waals surface area contributed by atoms with E-state index in [1.54, 1.807) is 7.11 Å². The Balaban J connectivity index is 1.64. The zero-order valence-electron chi connectivity index (χ0n) is 12.1. The van der Waals surface area contributed by atoms with Gasteiger partial charge in [-0.15, -0.1) is 0 Å². The second-order valence-electron chi connectivity index (χ2n) is 5.84. The zero-order valence-corrected chi connectivity index (χ0v) is 12.1. The lowest BCUT2D eigenvalue weighted by molar-refractivity contribution is 0.0751. The summed E-state index contributed by atoms with van der Waals surface area (Å²) in [6, 6.07) is 8.32. The lowest BCUT2D eigenvalue weighted by Crippen LogP contribution is -2.17. The Hall–Kier alpha value is -1.88. The van der Waals surface area contributed by atoms with E-state index in [0.29, 0.717) is 17.6 Å². The first-order chi connectivity index (χ1) is 10.4. The third kappa shape index (κ3) is 2.31. The highest BCUT2D eigenvalue weighted by atomic mass is 16.5. The molecule has 5 nitrogen and oxygen atoms in total. The van der Waals surface area contributed by atoms with Crippen molar-refractivity contribution in [2.24, 2.45) is 5.92 Å². The first kappa shape index (κ1) is 12.8. The van der Waals surface area contributed by atoms with Crippen LogP contribution in [0.1, 0.15) is 48.6 Å². The fourth-order valence-corrected chi connectivity index (χ4v) is 3.14. The van der Waals surface area contributed by atoms with Gasteiger partial charge in [-0.3, -0.25) is 0 Å². The number of nitrogens with zero attached hydrogens (tertiary/aromatic N) is 2. The van der Waals surface area contributed by atoms with E-state index in [2.05, 4.69) is 33.7 Å². The van der Waals surface area contributed by atoms with Gasteiger partial charge in [0.05, 0.1) is 5.92 Å². The van der Waals surface area contributed by atoms with Crippen molar-refractivity contribution in [2.75, 3.05) is 19.0 Å². The van der Waals surface area contributed by atoms with Crippen LogP contribution < -0.4 is 5.32 Å². The van der Waals surface area contributed by atoms with E-state index in [1.165, 1.54) is 24.1 Å². The van der Waals surface area contributed by atoms with Gasteiger partial charge >= 0.3 is 0 Å². The Morgan fingerprint density at radius 2 is 2.14 bits per heavy atom. The average molecular weight is 285 g/mol. The molecule has 1 N–H and O–H groups in total. The second kappa shape index (κ2) is 5.15. The summed E-state index contributed by atoms with van der Waals surface area (Å²) >= 11 is 0. The molecule has 21 heavy (non-hydrogen) atoms. The first-order valence-corrected chi connectivity index (χ1v) is 7.56. The van der Waals surface area contributed by atoms with Crippen molar-refractivity contribution in [3.8, 4) is 0 Å². The van der Waals surface area contributed by atoms with E-state index < -0.39 is 0 Å². The molecule has 0 saturated heterocycles. The summed E-state index contributed by atoms with van der Waals surface area (Å²) in [7, 11) is 1.72. The summed E-state index contributed by atoms with van der Waals surface area (Å²) < 4.78 is 11.1. The standard InChI is InChI=1S/C16H19N3O2/c1-20-14(10-6-7-10)15-18-16(21-19-15)12-8-9-17-13-5-3-2-4-11(12)13/h2-5,10,12,14,17H,6-9H2,1H3. The second-order valence-corrected chi connectivity index (χ2v) is 5.84. The number of anilines is 1. The Morgan fingerprint density at radius 3 is 2.95 bits per heavy atom. The van der Waals surface area contributed by atoms with E-state index in [0.717, 1.165) is 13.0 Å². The molecule has 2 aromatic rings. The fourth-order valence-electron chi connectivity index (χ4n) is 3.14. The van der Waals surface area contributed by atoms with Gasteiger partial charge in [0.1, 0.15) is 6.10 Å². The van der Waals surface area contributed by atoms with Gasteiger partial charge in [-0.25, -0.2) is 0 Å². The quantitative estimate of drug-likeness (QED) is 0.935. The van der Waals surface area contributed by atoms with Crippen molar-refractivity contribution in [1.29, 1.82) is 0 Å². The third-order valence-electron chi connectivity index (χ3n) is 4.40. The number of para-hydroxylation sites is 1. The largest absolute Gasteiger partial charge is 0.385 e. The van der Waals surface area contributed by atoms with Gasteiger partial charge in [-0.2, -0.15) is 4.98 Å². The van der Waals surface area contributed by atoms with E-state index in [1.807, 2.05) is 6.07 Å². The predicted molar refractivity (Wildman–Crippen MR) is 78.2 cm³/mol. The average Bonchev–Trinajstić information content (AvgIpc) is 3.25. The Kier molecular flexibility index (Phi) is 3.15. The molecular weight excluding hydrogens is 266 g/mol. The summed E-state index contributed by atoms with van der Waals surface area (Å²) in [5.41, 5.74) is 2.40. The van der Waals surface area contributed by atoms with E-state index in [-0.39, 0.29) is 12.0 Å². The Labute approximate surface area is 123 Å². The van der Waals surface area contributed by atoms with Crippen LogP contribution in [-0.2, 0) is 4.74 Å². The number of methoxy groups -OCH3 is 1. The molecule has 2 unspecified atom stereocenters. The van der Waals surface area contributed by atoms with Crippen molar-refractivity contribution in [2.45, 2.75) is 31.3 Å². The molecule has 1 aliphatic heterocycles. The van der Waals surface area contributed by atoms with Gasteiger partial charge in [0.2, 0.25) is 11.7 Å². The first-order valence-electron chi connectivity index (χ1n) is 7.56. The summed E-state index contributed by atoms with van der Waals surface area (Å²) in [6.45, 7) is 0.926. The van der Waals surface area contributed by atoms with Crippen LogP contribution in [0.3, 0.4) is 0 Å². The number of fused-ring (bicyclic) bond motifs is 1. The monoisotopic (exact) mass is 285 g/mol. The minimum Gasteiger partial charge on any atom is -0.385 e. The molecule has 1 fully saturated rings. The highest BCUT2D eigenvalue weighted by Gasteiger charge is 2.36. The maximum Gasteiger partial charge on any atom is 0.234 e. The van der Waals surface area contributed by atoms with Crippen LogP contribution >= 0.6 is 0 Å². The number of hydrogen-bond donors (Lipinski definition) is 1. The van der Waals surface area contributed by atoms with Crippen LogP contribution in [0.4, 0.5) is 5.69 Å². The summed E-state index contributed by atoms with van der Waals surface area (Å²) in [5, 5.41) is 7.58. The molecule has 1 aromatic heterocycles. The molecule has 1 aliphatic carbocycles. The molecule has 0 spiro atoms. The number of ether oxygens (including phenoxy) is 1. The smallest absolute Gasteiger partial charge is 0.234 e. The molecule has 4 rings (SSSR count). The number of benzene rings is 1. The highest BCUT2D eigenvalue weighted by Crippen LogP contribution is 2.43. The van der Waals surface area contributed by atoms with Crippen LogP contribution in [0.25, 0.3) is 0 Å². The highest BCUT2D eigenvalue weighted by molar-refractivity contribution is 5.56. The summed E-state index contributed by atoms with van der Waals surface area (Å²) in [5.74, 6) is 2.15. The minimum atomic E-state index is -0.0144. The molecule has 5 heteroatoms. The molecule has 2 atom stereocenters. The predicted octanol–water partition coefficient (Wildman–Crippen LogP) is 3.11. The van der Waals surface area contributed by atoms with Gasteiger partial charge in [0.15, 0.2) is 0 Å². The van der Waals surface area contributed by atoms with Gasteiger partial charge in [-0.05, 0) is 36.8 Å². The van der Waals surface area contributed by atoms with Gasteiger partial charge < -0.3 is 14.6 Å². The minimum absolute atomic E-state index is 0.0144. The molecule has 0 bridgehead atoms. The maximum absolute atomic E-state index is 5.55. The van der Waals surface area contributed by atoms with Gasteiger partial charge in [-0.1, -0.05) is 23.4 Å². The summed E-state index contributed by atoms with van der Waals surface area (Å²) in [4.78, 5) is 4.63. The van der Waals surface area contributed by atoms with Crippen LogP contribution in [0, 0.1) is 5.92 Å². The van der Waals surface area contributed by atoms with Crippen LogP contribution in [0.2, 0.25) is 0 Å². The van der Waals surface area contributed by atoms with Gasteiger partial charge in [0.25, 0.3) is 0 Å². The Bertz CT molecular complexity index is 636. The normalized spacial score (nSPS) is 22.4. The zero-order chi connectivity index (χ0) is 14.2. The molecule has 2 heterocycles. The van der Waals surface area contributed by atoms with Crippen LogP contribution in [-0.4, -0.2) is 23.8 Å². The van der Waals surface area contributed by atoms with Crippen LogP contribution in [0.15, 0.2) is 28.8 Å². The molecule has 0 radical (unpaired) electrons. The number of rotatable bonds is 4. The SMILES string of the molecule is COC(c1noc(C2CCNc3ccccc32)n1)C1CC1. The van der Waals surface area contributed by atoms with Crippen molar-refractivity contribution in [3.63, 3.8) is 0 Å². The summed E-state index contributed by atoms with van der Waals surface area (Å²) in [6.07, 6.45) is 3.34. The van der Waals surface area contributed by atoms with Crippen molar-refractivity contribution in [3.05, 3.63) is 41.5 Å². The molecule has 1 aromatic carbocycles. The lowest BCUT2D eigenvalue weighted by atomic mass is 9.91. The van der Waals surface area contributed by atoms with Crippen LogP contribution in [0.5, 0.6) is 0 Å². The maximum atomic E-state index is 5.55. The van der Waals surface area contributed by atoms with Gasteiger partial charge in [0, 0.05) is 19.3 Å². The fraction of sp³-hybridized carbons (Fsp3) is 0.500. The van der Waals surface area contributed by atoms with Crippen molar-refractivity contribution in [1.82, 2.24) is 10.1 Å². The molecule has 1 saturated carbocycles. The Morgan fingerprint density at radius 1 is 1.29 bits per heavy atom. The number of hydrogen-bond acceptors (Lipinski definition) is 5.